The molecule has 3 N–H and O–H groups in total. The molecule has 0 aromatic heterocycles. The van der Waals surface area contributed by atoms with E-state index in [9.17, 15) is 14.0 Å². The average Bonchev–Trinajstić information content (AvgIpc) is 2.63. The highest BCUT2D eigenvalue weighted by Crippen LogP contribution is 2.36. The predicted molar refractivity (Wildman–Crippen MR) is 107 cm³/mol. The molecule has 5 nitrogen and oxygen atoms in total. The molecular weight excluding hydrogens is 357 g/mol. The minimum Gasteiger partial charge on any atom is -0.332 e. The zero-order valence-corrected chi connectivity index (χ0v) is 16.7. The van der Waals surface area contributed by atoms with Crippen LogP contribution in [0.15, 0.2) is 48.5 Å². The van der Waals surface area contributed by atoms with Crippen molar-refractivity contribution in [3.8, 4) is 0 Å². The second-order valence-corrected chi connectivity index (χ2v) is 8.02. The summed E-state index contributed by atoms with van der Waals surface area (Å²) in [7, 11) is 0. The van der Waals surface area contributed by atoms with E-state index in [0.29, 0.717) is 11.4 Å². The highest BCUT2D eigenvalue weighted by atomic mass is 19.1. The van der Waals surface area contributed by atoms with E-state index in [1.165, 1.54) is 12.1 Å². The van der Waals surface area contributed by atoms with Gasteiger partial charge in [0.25, 0.3) is 5.91 Å². The number of hydrogen-bond acceptors (Lipinski definition) is 2. The van der Waals surface area contributed by atoms with Crippen LogP contribution in [0.2, 0.25) is 0 Å². The fourth-order valence-electron chi connectivity index (χ4n) is 3.70. The summed E-state index contributed by atoms with van der Waals surface area (Å²) in [4.78, 5) is 27.3. The summed E-state index contributed by atoms with van der Waals surface area (Å²) in [5.74, 6) is -0.373. The van der Waals surface area contributed by atoms with E-state index in [2.05, 4.69) is 19.2 Å². The van der Waals surface area contributed by atoms with Gasteiger partial charge in [0, 0.05) is 11.5 Å². The summed E-state index contributed by atoms with van der Waals surface area (Å²) in [6, 6.07) is 13.7. The summed E-state index contributed by atoms with van der Waals surface area (Å²) in [5.41, 5.74) is 1.33. The van der Waals surface area contributed by atoms with Crippen LogP contribution in [0.5, 0.6) is 0 Å². The minimum atomic E-state index is -0.984. The first-order valence-corrected chi connectivity index (χ1v) is 9.54. The summed E-state index contributed by atoms with van der Waals surface area (Å²) in [6.07, 6.45) is 0. The SMILES string of the molecule is CC(C)[C@@H]([NH2+]CC(=O)N1c2ccccc2NC(=O)C1(C)C)c1ccc(F)cc1. The van der Waals surface area contributed by atoms with Crippen LogP contribution in [-0.2, 0) is 9.59 Å². The number of nitrogens with one attached hydrogen (secondary N) is 1. The standard InChI is InChI=1S/C22H26FN3O2/c1-14(2)20(15-9-11-16(23)12-10-15)24-13-19(27)26-18-8-6-5-7-17(18)25-21(28)22(26,3)4/h5-12,14,20,24H,13H2,1-4H3,(H,25,28)/p+1/t20-/m1/s1. The molecule has 2 aromatic rings. The normalized spacial score (nSPS) is 16.5. The Morgan fingerprint density at radius 2 is 1.79 bits per heavy atom. The van der Waals surface area contributed by atoms with Crippen LogP contribution in [0.4, 0.5) is 15.8 Å². The van der Waals surface area contributed by atoms with Gasteiger partial charge >= 0.3 is 0 Å². The van der Waals surface area contributed by atoms with Crippen molar-refractivity contribution < 1.29 is 19.3 Å². The van der Waals surface area contributed by atoms with Gasteiger partial charge in [-0.2, -0.15) is 0 Å². The Balaban J connectivity index is 1.83. The summed E-state index contributed by atoms with van der Waals surface area (Å²) in [5, 5.41) is 4.83. The highest BCUT2D eigenvalue weighted by molar-refractivity contribution is 6.14. The van der Waals surface area contributed by atoms with Crippen molar-refractivity contribution >= 4 is 23.2 Å². The Labute approximate surface area is 164 Å². The van der Waals surface area contributed by atoms with Crippen molar-refractivity contribution in [1.29, 1.82) is 0 Å². The molecule has 148 valence electrons. The van der Waals surface area contributed by atoms with E-state index in [4.69, 9.17) is 0 Å². The Bertz CT molecular complexity index is 878. The van der Waals surface area contributed by atoms with E-state index in [1.54, 1.807) is 36.9 Å². The largest absolute Gasteiger partial charge is 0.332 e. The Hall–Kier alpha value is -2.73. The maximum Gasteiger partial charge on any atom is 0.283 e. The van der Waals surface area contributed by atoms with E-state index < -0.39 is 5.54 Å². The van der Waals surface area contributed by atoms with Crippen molar-refractivity contribution in [2.45, 2.75) is 39.3 Å². The molecular formula is C22H27FN3O2+. The molecule has 1 heterocycles. The number of carbonyl (C=O) groups excluding carboxylic acids is 2. The molecule has 0 aliphatic carbocycles. The second-order valence-electron chi connectivity index (χ2n) is 8.02. The number of quaternary nitrogens is 1. The topological polar surface area (TPSA) is 66.0 Å². The van der Waals surface area contributed by atoms with Crippen molar-refractivity contribution in [3.63, 3.8) is 0 Å². The summed E-state index contributed by atoms with van der Waals surface area (Å²) >= 11 is 0. The first-order valence-electron chi connectivity index (χ1n) is 9.54. The van der Waals surface area contributed by atoms with Gasteiger partial charge in [0.05, 0.1) is 11.4 Å². The van der Waals surface area contributed by atoms with Crippen LogP contribution in [0.3, 0.4) is 0 Å². The van der Waals surface area contributed by atoms with Gasteiger partial charge in [-0.1, -0.05) is 38.1 Å². The third-order valence-corrected chi connectivity index (χ3v) is 5.28. The number of anilines is 2. The molecule has 1 atom stereocenters. The summed E-state index contributed by atoms with van der Waals surface area (Å²) in [6.45, 7) is 7.82. The van der Waals surface area contributed by atoms with Crippen LogP contribution in [0, 0.1) is 11.7 Å². The lowest BCUT2D eigenvalue weighted by Gasteiger charge is -2.41. The average molecular weight is 384 g/mol. The zero-order chi connectivity index (χ0) is 20.5. The number of benzene rings is 2. The van der Waals surface area contributed by atoms with Crippen LogP contribution < -0.4 is 15.5 Å². The number of para-hydroxylation sites is 2. The van der Waals surface area contributed by atoms with Gasteiger partial charge in [-0.15, -0.1) is 0 Å². The van der Waals surface area contributed by atoms with Gasteiger partial charge < -0.3 is 10.6 Å². The van der Waals surface area contributed by atoms with Gasteiger partial charge in [-0.3, -0.25) is 14.5 Å². The molecule has 1 aliphatic heterocycles. The lowest BCUT2D eigenvalue weighted by atomic mass is 9.95. The third kappa shape index (κ3) is 3.78. The van der Waals surface area contributed by atoms with Crippen molar-refractivity contribution in [2.24, 2.45) is 5.92 Å². The first kappa shape index (κ1) is 20.0. The van der Waals surface area contributed by atoms with Crippen molar-refractivity contribution in [1.82, 2.24) is 0 Å². The lowest BCUT2D eigenvalue weighted by Crippen LogP contribution is -2.89. The molecule has 3 rings (SSSR count). The Morgan fingerprint density at radius 1 is 1.14 bits per heavy atom. The minimum absolute atomic E-state index is 0.0153. The fourth-order valence-corrected chi connectivity index (χ4v) is 3.70. The van der Waals surface area contributed by atoms with E-state index >= 15 is 0 Å². The number of carbonyl (C=O) groups is 2. The third-order valence-electron chi connectivity index (χ3n) is 5.28. The highest BCUT2D eigenvalue weighted by Gasteiger charge is 2.44. The van der Waals surface area contributed by atoms with E-state index in [1.807, 2.05) is 23.5 Å². The van der Waals surface area contributed by atoms with Crippen LogP contribution in [0.1, 0.15) is 39.3 Å². The smallest absolute Gasteiger partial charge is 0.283 e. The molecule has 0 unspecified atom stereocenters. The molecule has 6 heteroatoms. The van der Waals surface area contributed by atoms with Crippen LogP contribution >= 0.6 is 0 Å². The number of nitrogens with zero attached hydrogens (tertiary/aromatic N) is 1. The van der Waals surface area contributed by atoms with Gasteiger partial charge in [-0.05, 0) is 38.1 Å². The molecule has 2 aromatic carbocycles. The Morgan fingerprint density at radius 3 is 2.43 bits per heavy atom. The second kappa shape index (κ2) is 7.72. The van der Waals surface area contributed by atoms with Gasteiger partial charge in [0.1, 0.15) is 17.4 Å². The number of amides is 2. The maximum atomic E-state index is 13.3. The molecule has 2 amide bonds. The monoisotopic (exact) mass is 384 g/mol. The zero-order valence-electron chi connectivity index (χ0n) is 16.7. The van der Waals surface area contributed by atoms with Gasteiger partial charge in [-0.25, -0.2) is 4.39 Å². The van der Waals surface area contributed by atoms with Crippen LogP contribution in [0.25, 0.3) is 0 Å². The lowest BCUT2D eigenvalue weighted by molar-refractivity contribution is -0.692. The van der Waals surface area contributed by atoms with E-state index in [-0.39, 0.29) is 36.1 Å². The molecule has 1 aliphatic rings. The van der Waals surface area contributed by atoms with Crippen LogP contribution in [-0.4, -0.2) is 23.9 Å². The number of nitrogens with two attached hydrogens (primary N) is 1. The summed E-state index contributed by atoms with van der Waals surface area (Å²) < 4.78 is 13.3. The predicted octanol–water partition coefficient (Wildman–Crippen LogP) is 2.85. The van der Waals surface area contributed by atoms with Gasteiger partial charge in [0.2, 0.25) is 5.91 Å². The number of rotatable bonds is 5. The molecule has 28 heavy (non-hydrogen) atoms. The molecule has 0 saturated heterocycles. The molecule has 0 saturated carbocycles. The quantitative estimate of drug-likeness (QED) is 0.833. The van der Waals surface area contributed by atoms with E-state index in [0.717, 1.165) is 5.56 Å². The first-order chi connectivity index (χ1) is 13.2. The number of fused-ring (bicyclic) bond motifs is 1. The number of halogens is 1. The van der Waals surface area contributed by atoms with Crippen molar-refractivity contribution in [3.05, 3.63) is 59.9 Å². The molecule has 0 fully saturated rings. The fraction of sp³-hybridized carbons (Fsp3) is 0.364. The van der Waals surface area contributed by atoms with Crippen molar-refractivity contribution in [2.75, 3.05) is 16.8 Å². The Kier molecular flexibility index (Phi) is 5.52. The maximum absolute atomic E-state index is 13.3. The number of hydrogen-bond donors (Lipinski definition) is 2. The van der Waals surface area contributed by atoms with Gasteiger partial charge in [0.15, 0.2) is 6.54 Å². The molecule has 0 bridgehead atoms. The molecule has 0 radical (unpaired) electrons. The molecule has 0 spiro atoms.